The highest BCUT2D eigenvalue weighted by atomic mass is 35.5. The molecule has 0 bridgehead atoms. The van der Waals surface area contributed by atoms with Crippen molar-refractivity contribution >= 4 is 40.3 Å². The van der Waals surface area contributed by atoms with Crippen LogP contribution in [-0.2, 0) is 6.42 Å². The van der Waals surface area contributed by atoms with E-state index < -0.39 is 11.8 Å². The van der Waals surface area contributed by atoms with E-state index in [-0.39, 0.29) is 16.9 Å². The number of hydrogen-bond acceptors (Lipinski definition) is 4. The molecule has 0 saturated carbocycles. The van der Waals surface area contributed by atoms with Crippen molar-refractivity contribution in [3.63, 3.8) is 0 Å². The van der Waals surface area contributed by atoms with Crippen LogP contribution < -0.4 is 11.1 Å². The molecule has 2 rings (SSSR count). The fraction of sp³-hybridized carbons (Fsp3) is 0.154. The third-order valence-corrected chi connectivity index (χ3v) is 3.98. The van der Waals surface area contributed by atoms with Gasteiger partial charge in [-0.1, -0.05) is 11.6 Å². The molecule has 0 radical (unpaired) electrons. The summed E-state index contributed by atoms with van der Waals surface area (Å²) in [4.78, 5) is 12.0. The number of nitrogens with one attached hydrogen (secondary N) is 1. The minimum absolute atomic E-state index is 0.0920. The summed E-state index contributed by atoms with van der Waals surface area (Å²) in [5, 5.41) is 11.8. The van der Waals surface area contributed by atoms with Gasteiger partial charge in [-0.2, -0.15) is 0 Å². The molecule has 1 aromatic carbocycles. The lowest BCUT2D eigenvalue weighted by Crippen LogP contribution is -2.09. The van der Waals surface area contributed by atoms with Crippen LogP contribution in [0.3, 0.4) is 0 Å². The van der Waals surface area contributed by atoms with E-state index in [1.807, 2.05) is 6.07 Å². The molecule has 0 atom stereocenters. The van der Waals surface area contributed by atoms with E-state index in [1.165, 1.54) is 17.4 Å². The molecule has 20 heavy (non-hydrogen) atoms. The van der Waals surface area contributed by atoms with Gasteiger partial charge in [0, 0.05) is 17.1 Å². The summed E-state index contributed by atoms with van der Waals surface area (Å²) in [5.41, 5.74) is 5.37. The zero-order valence-electron chi connectivity index (χ0n) is 10.3. The zero-order chi connectivity index (χ0) is 14.7. The van der Waals surface area contributed by atoms with Crippen LogP contribution in [0.25, 0.3) is 0 Å². The number of carbonyl (C=O) groups is 1. The largest absolute Gasteiger partial charge is 0.478 e. The van der Waals surface area contributed by atoms with E-state index in [1.54, 1.807) is 6.07 Å². The molecule has 1 aromatic heterocycles. The van der Waals surface area contributed by atoms with Crippen LogP contribution in [0.2, 0.25) is 4.34 Å². The van der Waals surface area contributed by atoms with Crippen LogP contribution in [-0.4, -0.2) is 17.6 Å². The molecule has 1 heterocycles. The van der Waals surface area contributed by atoms with Crippen molar-refractivity contribution in [2.24, 2.45) is 0 Å². The average molecular weight is 315 g/mol. The lowest BCUT2D eigenvalue weighted by molar-refractivity contribution is 0.0698. The summed E-state index contributed by atoms with van der Waals surface area (Å²) in [7, 11) is 0. The Kier molecular flexibility index (Phi) is 4.46. The molecule has 106 valence electrons. The molecule has 0 amide bonds. The van der Waals surface area contributed by atoms with Gasteiger partial charge in [0.1, 0.15) is 5.82 Å². The maximum atomic E-state index is 13.7. The molecule has 2 aromatic rings. The fourth-order valence-corrected chi connectivity index (χ4v) is 2.80. The van der Waals surface area contributed by atoms with Gasteiger partial charge in [0.15, 0.2) is 0 Å². The van der Waals surface area contributed by atoms with E-state index >= 15 is 0 Å². The van der Waals surface area contributed by atoms with Gasteiger partial charge in [-0.05, 0) is 30.7 Å². The van der Waals surface area contributed by atoms with Crippen molar-refractivity contribution in [2.45, 2.75) is 6.42 Å². The highest BCUT2D eigenvalue weighted by Crippen LogP contribution is 2.24. The molecule has 7 heteroatoms. The highest BCUT2D eigenvalue weighted by molar-refractivity contribution is 7.16. The Morgan fingerprint density at radius 3 is 2.80 bits per heavy atom. The Hall–Kier alpha value is -1.79. The second-order valence-corrected chi connectivity index (χ2v) is 5.91. The van der Waals surface area contributed by atoms with Crippen LogP contribution in [0.1, 0.15) is 15.2 Å². The molecule has 0 aliphatic heterocycles. The smallest absolute Gasteiger partial charge is 0.337 e. The number of carboxylic acids is 1. The monoisotopic (exact) mass is 314 g/mol. The van der Waals surface area contributed by atoms with E-state index in [4.69, 9.17) is 22.4 Å². The Labute approximate surface area is 124 Å². The first-order valence-corrected chi connectivity index (χ1v) is 6.97. The quantitative estimate of drug-likeness (QED) is 0.739. The minimum Gasteiger partial charge on any atom is -0.478 e. The van der Waals surface area contributed by atoms with Gasteiger partial charge in [-0.25, -0.2) is 9.18 Å². The second-order valence-electron chi connectivity index (χ2n) is 4.11. The SMILES string of the molecule is Nc1cc(F)c(NCCc2ccc(Cl)s2)cc1C(=O)O. The second kappa shape index (κ2) is 6.11. The van der Waals surface area contributed by atoms with Gasteiger partial charge in [-0.15, -0.1) is 11.3 Å². The van der Waals surface area contributed by atoms with Crippen molar-refractivity contribution in [1.82, 2.24) is 0 Å². The molecule has 0 saturated heterocycles. The lowest BCUT2D eigenvalue weighted by Gasteiger charge is -2.09. The number of halogens is 2. The summed E-state index contributed by atoms with van der Waals surface area (Å²) >= 11 is 7.27. The van der Waals surface area contributed by atoms with Gasteiger partial charge in [-0.3, -0.25) is 0 Å². The van der Waals surface area contributed by atoms with Crippen molar-refractivity contribution in [3.05, 3.63) is 44.9 Å². The minimum atomic E-state index is -1.18. The molecule has 0 fully saturated rings. The van der Waals surface area contributed by atoms with Gasteiger partial charge in [0.2, 0.25) is 0 Å². The van der Waals surface area contributed by atoms with Crippen molar-refractivity contribution < 1.29 is 14.3 Å². The summed E-state index contributed by atoms with van der Waals surface area (Å²) in [6.45, 7) is 0.469. The lowest BCUT2D eigenvalue weighted by atomic mass is 10.1. The predicted molar refractivity (Wildman–Crippen MR) is 79.3 cm³/mol. The zero-order valence-corrected chi connectivity index (χ0v) is 11.9. The van der Waals surface area contributed by atoms with Crippen molar-refractivity contribution in [3.8, 4) is 0 Å². The number of benzene rings is 1. The number of anilines is 2. The molecule has 4 N–H and O–H groups in total. The van der Waals surface area contributed by atoms with E-state index in [2.05, 4.69) is 5.32 Å². The van der Waals surface area contributed by atoms with E-state index in [9.17, 15) is 9.18 Å². The van der Waals surface area contributed by atoms with E-state index in [0.29, 0.717) is 17.3 Å². The molecule has 0 unspecified atom stereocenters. The Morgan fingerprint density at radius 1 is 1.45 bits per heavy atom. The number of aromatic carboxylic acids is 1. The molecular formula is C13H12ClFN2O2S. The van der Waals surface area contributed by atoms with Crippen LogP contribution in [0.4, 0.5) is 15.8 Å². The third kappa shape index (κ3) is 3.40. The first-order chi connectivity index (χ1) is 9.47. The van der Waals surface area contributed by atoms with Gasteiger partial charge in [0.25, 0.3) is 0 Å². The first-order valence-electron chi connectivity index (χ1n) is 5.78. The number of carboxylic acid groups (broad SMARTS) is 1. The summed E-state index contributed by atoms with van der Waals surface area (Å²) in [6, 6.07) is 5.91. The maximum Gasteiger partial charge on any atom is 0.337 e. The molecule has 0 aliphatic carbocycles. The number of rotatable bonds is 5. The number of nitrogen functional groups attached to an aromatic ring is 1. The number of thiophene rings is 1. The number of nitrogens with two attached hydrogens (primary N) is 1. The Balaban J connectivity index is 2.05. The molecule has 0 aliphatic rings. The van der Waals surface area contributed by atoms with Crippen LogP contribution in [0.15, 0.2) is 24.3 Å². The van der Waals surface area contributed by atoms with Gasteiger partial charge < -0.3 is 16.2 Å². The van der Waals surface area contributed by atoms with Crippen LogP contribution in [0.5, 0.6) is 0 Å². The molecule has 4 nitrogen and oxygen atoms in total. The van der Waals surface area contributed by atoms with Gasteiger partial charge in [0.05, 0.1) is 15.6 Å². The predicted octanol–water partition coefficient (Wildman–Crippen LogP) is 3.48. The first kappa shape index (κ1) is 14.6. The molecule has 0 spiro atoms. The fourth-order valence-electron chi connectivity index (χ4n) is 1.72. The standard InChI is InChI=1S/C13H12ClFN2O2S/c14-12-2-1-7(20-12)3-4-17-11-5-8(13(18)19)10(16)6-9(11)15/h1-2,5-6,17H,3-4,16H2,(H,18,19). The summed E-state index contributed by atoms with van der Waals surface area (Å²) in [6.07, 6.45) is 0.670. The molecular weight excluding hydrogens is 303 g/mol. The summed E-state index contributed by atoms with van der Waals surface area (Å²) in [5.74, 6) is -1.76. The van der Waals surface area contributed by atoms with E-state index in [0.717, 1.165) is 10.9 Å². The average Bonchev–Trinajstić information content (AvgIpc) is 2.77. The Morgan fingerprint density at radius 2 is 2.20 bits per heavy atom. The topological polar surface area (TPSA) is 75.3 Å². The Bertz CT molecular complexity index is 645. The number of hydrogen-bond donors (Lipinski definition) is 3. The maximum absolute atomic E-state index is 13.7. The third-order valence-electron chi connectivity index (χ3n) is 2.69. The van der Waals surface area contributed by atoms with Crippen molar-refractivity contribution in [1.29, 1.82) is 0 Å². The normalized spacial score (nSPS) is 10.5. The van der Waals surface area contributed by atoms with Gasteiger partial charge >= 0.3 is 5.97 Å². The highest BCUT2D eigenvalue weighted by Gasteiger charge is 2.13. The van der Waals surface area contributed by atoms with Crippen LogP contribution in [0, 0.1) is 5.82 Å². The summed E-state index contributed by atoms with van der Waals surface area (Å²) < 4.78 is 14.4. The van der Waals surface area contributed by atoms with Crippen molar-refractivity contribution in [2.75, 3.05) is 17.6 Å². The van der Waals surface area contributed by atoms with Crippen LogP contribution >= 0.6 is 22.9 Å².